The van der Waals surface area contributed by atoms with E-state index in [4.69, 9.17) is 11.6 Å². The van der Waals surface area contributed by atoms with E-state index < -0.39 is 17.7 Å². The predicted octanol–water partition coefficient (Wildman–Crippen LogP) is 4.69. The van der Waals surface area contributed by atoms with Gasteiger partial charge in [0.2, 0.25) is 0 Å². The van der Waals surface area contributed by atoms with Gasteiger partial charge in [-0.25, -0.2) is 8.78 Å². The molecule has 1 nitrogen and oxygen atoms in total. The van der Waals surface area contributed by atoms with E-state index in [0.717, 1.165) is 6.07 Å². The van der Waals surface area contributed by atoms with Crippen LogP contribution in [0.5, 0.6) is 0 Å². The Morgan fingerprint density at radius 3 is 2.42 bits per heavy atom. The van der Waals surface area contributed by atoms with Gasteiger partial charge in [0.05, 0.1) is 10.5 Å². The molecule has 2 aromatic rings. The van der Waals surface area contributed by atoms with Crippen molar-refractivity contribution < 1.29 is 8.78 Å². The van der Waals surface area contributed by atoms with Crippen LogP contribution in [-0.2, 0) is 0 Å². The minimum Gasteiger partial charge on any atom is -0.309 e. The van der Waals surface area contributed by atoms with Gasteiger partial charge < -0.3 is 5.32 Å². The zero-order valence-corrected chi connectivity index (χ0v) is 12.4. The standard InChI is InChI=1S/C14H11BrClF2N/c1-19-14(8-4-2-3-5-11(8)16)9-6-13(18)10(15)7-12(9)17/h2-7,14,19H,1H3. The summed E-state index contributed by atoms with van der Waals surface area (Å²) in [4.78, 5) is 0. The summed E-state index contributed by atoms with van der Waals surface area (Å²) < 4.78 is 27.7. The van der Waals surface area contributed by atoms with Crippen molar-refractivity contribution in [1.82, 2.24) is 5.32 Å². The molecule has 1 atom stereocenters. The molecule has 19 heavy (non-hydrogen) atoms. The molecule has 0 aliphatic heterocycles. The molecule has 0 fully saturated rings. The van der Waals surface area contributed by atoms with E-state index in [0.29, 0.717) is 10.6 Å². The number of rotatable bonds is 3. The average molecular weight is 347 g/mol. The molecule has 0 saturated carbocycles. The van der Waals surface area contributed by atoms with Crippen LogP contribution in [0.2, 0.25) is 5.02 Å². The van der Waals surface area contributed by atoms with Crippen molar-refractivity contribution in [2.45, 2.75) is 6.04 Å². The minimum absolute atomic E-state index is 0.0998. The van der Waals surface area contributed by atoms with Crippen LogP contribution in [-0.4, -0.2) is 7.05 Å². The molecular weight excluding hydrogens is 336 g/mol. The Morgan fingerprint density at radius 1 is 1.11 bits per heavy atom. The summed E-state index contributed by atoms with van der Waals surface area (Å²) in [5, 5.41) is 3.46. The summed E-state index contributed by atoms with van der Waals surface area (Å²) in [5.41, 5.74) is 0.920. The van der Waals surface area contributed by atoms with Gasteiger partial charge in [-0.2, -0.15) is 0 Å². The van der Waals surface area contributed by atoms with Crippen LogP contribution in [0, 0.1) is 11.6 Å². The van der Waals surface area contributed by atoms with E-state index in [2.05, 4.69) is 21.2 Å². The summed E-state index contributed by atoms with van der Waals surface area (Å²) in [6.45, 7) is 0. The molecule has 0 spiro atoms. The Morgan fingerprint density at radius 2 is 1.79 bits per heavy atom. The Labute approximate surface area is 123 Å². The van der Waals surface area contributed by atoms with Crippen LogP contribution in [0.1, 0.15) is 17.2 Å². The molecule has 0 aromatic heterocycles. The predicted molar refractivity (Wildman–Crippen MR) is 76.4 cm³/mol. The van der Waals surface area contributed by atoms with E-state index in [9.17, 15) is 8.78 Å². The first-order chi connectivity index (χ1) is 9.04. The summed E-state index contributed by atoms with van der Waals surface area (Å²) in [6.07, 6.45) is 0. The first-order valence-electron chi connectivity index (χ1n) is 5.60. The summed E-state index contributed by atoms with van der Waals surface area (Å²) in [6, 6.07) is 8.87. The zero-order chi connectivity index (χ0) is 14.0. The van der Waals surface area contributed by atoms with Gasteiger partial charge in [0.1, 0.15) is 11.6 Å². The van der Waals surface area contributed by atoms with Crippen molar-refractivity contribution in [2.24, 2.45) is 0 Å². The third-order valence-electron chi connectivity index (χ3n) is 2.86. The molecule has 2 rings (SSSR count). The lowest BCUT2D eigenvalue weighted by atomic mass is 9.98. The second-order valence-electron chi connectivity index (χ2n) is 4.03. The molecule has 0 aliphatic carbocycles. The van der Waals surface area contributed by atoms with Crippen molar-refractivity contribution in [3.63, 3.8) is 0 Å². The maximum atomic E-state index is 14.0. The van der Waals surface area contributed by atoms with Crippen LogP contribution < -0.4 is 5.32 Å². The number of benzene rings is 2. The maximum absolute atomic E-state index is 14.0. The summed E-state index contributed by atoms with van der Waals surface area (Å²) in [7, 11) is 1.67. The molecule has 0 radical (unpaired) electrons. The highest BCUT2D eigenvalue weighted by Crippen LogP contribution is 2.31. The summed E-state index contributed by atoms with van der Waals surface area (Å²) in [5.74, 6) is -1.00. The highest BCUT2D eigenvalue weighted by Gasteiger charge is 2.20. The van der Waals surface area contributed by atoms with Gasteiger partial charge in [-0.3, -0.25) is 0 Å². The fourth-order valence-electron chi connectivity index (χ4n) is 1.95. The number of hydrogen-bond acceptors (Lipinski definition) is 1. The molecule has 1 unspecified atom stereocenters. The molecular formula is C14H11BrClF2N. The van der Waals surface area contributed by atoms with E-state index in [1.165, 1.54) is 6.07 Å². The molecule has 0 bridgehead atoms. The average Bonchev–Trinajstić information content (AvgIpc) is 2.38. The van der Waals surface area contributed by atoms with Gasteiger partial charge >= 0.3 is 0 Å². The van der Waals surface area contributed by atoms with Gasteiger partial charge in [-0.05, 0) is 46.7 Å². The molecule has 1 N–H and O–H groups in total. The van der Waals surface area contributed by atoms with E-state index >= 15 is 0 Å². The second-order valence-corrected chi connectivity index (χ2v) is 5.29. The molecule has 0 aliphatic rings. The molecule has 5 heteroatoms. The lowest BCUT2D eigenvalue weighted by molar-refractivity contribution is 0.555. The normalized spacial score (nSPS) is 12.5. The fourth-order valence-corrected chi connectivity index (χ4v) is 2.51. The Balaban J connectivity index is 2.55. The first-order valence-corrected chi connectivity index (χ1v) is 6.77. The smallest absolute Gasteiger partial charge is 0.137 e. The quantitative estimate of drug-likeness (QED) is 0.795. The number of hydrogen-bond donors (Lipinski definition) is 1. The Kier molecular flexibility index (Phi) is 4.55. The first kappa shape index (κ1) is 14.4. The van der Waals surface area contributed by atoms with Crippen molar-refractivity contribution in [2.75, 3.05) is 7.05 Å². The lowest BCUT2D eigenvalue weighted by Gasteiger charge is -2.19. The Hall–Kier alpha value is -0.970. The van der Waals surface area contributed by atoms with Gasteiger partial charge in [0, 0.05) is 10.6 Å². The van der Waals surface area contributed by atoms with Gasteiger partial charge in [0.15, 0.2) is 0 Å². The zero-order valence-electron chi connectivity index (χ0n) is 10.1. The molecule has 2 aromatic carbocycles. The number of halogens is 4. The van der Waals surface area contributed by atoms with Crippen LogP contribution in [0.15, 0.2) is 40.9 Å². The third kappa shape index (κ3) is 2.96. The third-order valence-corrected chi connectivity index (χ3v) is 3.81. The molecule has 100 valence electrons. The van der Waals surface area contributed by atoms with E-state index in [1.54, 1.807) is 31.3 Å². The highest BCUT2D eigenvalue weighted by molar-refractivity contribution is 9.10. The van der Waals surface area contributed by atoms with E-state index in [1.807, 2.05) is 0 Å². The van der Waals surface area contributed by atoms with Crippen LogP contribution >= 0.6 is 27.5 Å². The summed E-state index contributed by atoms with van der Waals surface area (Å²) >= 11 is 9.07. The number of nitrogens with one attached hydrogen (secondary N) is 1. The molecule has 0 heterocycles. The second kappa shape index (κ2) is 5.99. The van der Waals surface area contributed by atoms with Gasteiger partial charge in [0.25, 0.3) is 0 Å². The SMILES string of the molecule is CNC(c1cc(F)c(Br)cc1F)c1ccccc1Cl. The van der Waals surface area contributed by atoms with Crippen molar-refractivity contribution >= 4 is 27.5 Å². The van der Waals surface area contributed by atoms with Gasteiger partial charge in [-0.1, -0.05) is 29.8 Å². The van der Waals surface area contributed by atoms with Crippen molar-refractivity contribution in [3.8, 4) is 0 Å². The maximum Gasteiger partial charge on any atom is 0.137 e. The minimum atomic E-state index is -0.510. The fraction of sp³-hybridized carbons (Fsp3) is 0.143. The van der Waals surface area contributed by atoms with Crippen LogP contribution in [0.4, 0.5) is 8.78 Å². The van der Waals surface area contributed by atoms with E-state index in [-0.39, 0.29) is 10.0 Å². The molecule has 0 saturated heterocycles. The topological polar surface area (TPSA) is 12.0 Å². The van der Waals surface area contributed by atoms with Gasteiger partial charge in [-0.15, -0.1) is 0 Å². The monoisotopic (exact) mass is 345 g/mol. The van der Waals surface area contributed by atoms with Crippen molar-refractivity contribution in [3.05, 3.63) is 68.7 Å². The van der Waals surface area contributed by atoms with Crippen LogP contribution in [0.3, 0.4) is 0 Å². The Bertz CT molecular complexity index is 604. The highest BCUT2D eigenvalue weighted by atomic mass is 79.9. The van der Waals surface area contributed by atoms with Crippen LogP contribution in [0.25, 0.3) is 0 Å². The van der Waals surface area contributed by atoms with Crippen molar-refractivity contribution in [1.29, 1.82) is 0 Å². The lowest BCUT2D eigenvalue weighted by Crippen LogP contribution is -2.19. The molecule has 0 amide bonds. The largest absolute Gasteiger partial charge is 0.309 e.